The van der Waals surface area contributed by atoms with Crippen LogP contribution in [0.1, 0.15) is 25.8 Å². The van der Waals surface area contributed by atoms with Crippen LogP contribution in [-0.4, -0.2) is 23.0 Å². The number of halogens is 1. The maximum Gasteiger partial charge on any atom is 0.0740 e. The number of hydrogen-bond acceptors (Lipinski definition) is 2. The predicted molar refractivity (Wildman–Crippen MR) is 85.7 cm³/mol. The Kier molecular flexibility index (Phi) is 6.82. The molecule has 0 spiro atoms. The maximum absolute atomic E-state index is 5.59. The molecule has 0 saturated carbocycles. The van der Waals surface area contributed by atoms with Crippen LogP contribution < -0.4 is 5.73 Å². The Morgan fingerprint density at radius 1 is 1.39 bits per heavy atom. The highest BCUT2D eigenvalue weighted by molar-refractivity contribution is 9.10. The van der Waals surface area contributed by atoms with E-state index in [0.29, 0.717) is 10.9 Å². The molecule has 4 heteroatoms. The molecular formula is C14H21BrN2S. The lowest BCUT2D eigenvalue weighted by atomic mass is 10.1. The lowest BCUT2D eigenvalue weighted by Gasteiger charge is -2.24. The second-order valence-electron chi connectivity index (χ2n) is 4.94. The molecule has 1 aromatic carbocycles. The van der Waals surface area contributed by atoms with E-state index in [-0.39, 0.29) is 0 Å². The summed E-state index contributed by atoms with van der Waals surface area (Å²) in [5.74, 6) is 0.638. The molecule has 0 radical (unpaired) electrons. The van der Waals surface area contributed by atoms with Gasteiger partial charge < -0.3 is 5.73 Å². The normalized spacial score (nSPS) is 11.2. The first-order valence-electron chi connectivity index (χ1n) is 6.23. The first kappa shape index (κ1) is 15.6. The van der Waals surface area contributed by atoms with E-state index in [1.807, 2.05) is 6.07 Å². The van der Waals surface area contributed by atoms with Gasteiger partial charge in [0.15, 0.2) is 0 Å². The zero-order valence-corrected chi connectivity index (χ0v) is 13.4. The number of thiocarbonyl (C=S) groups is 1. The van der Waals surface area contributed by atoms with Gasteiger partial charge in [-0.25, -0.2) is 0 Å². The third kappa shape index (κ3) is 5.94. The van der Waals surface area contributed by atoms with Crippen molar-refractivity contribution in [2.24, 2.45) is 11.7 Å². The average Bonchev–Trinajstić information content (AvgIpc) is 2.28. The Morgan fingerprint density at radius 2 is 2.06 bits per heavy atom. The van der Waals surface area contributed by atoms with Gasteiger partial charge in [-0.3, -0.25) is 4.90 Å². The van der Waals surface area contributed by atoms with E-state index in [0.717, 1.165) is 30.5 Å². The van der Waals surface area contributed by atoms with Crippen LogP contribution in [-0.2, 0) is 6.54 Å². The largest absolute Gasteiger partial charge is 0.393 e. The predicted octanol–water partition coefficient (Wildman–Crippen LogP) is 3.58. The highest BCUT2D eigenvalue weighted by Gasteiger charge is 2.10. The fraction of sp³-hybridized carbons (Fsp3) is 0.500. The van der Waals surface area contributed by atoms with Gasteiger partial charge in [-0.05, 0) is 17.5 Å². The van der Waals surface area contributed by atoms with Gasteiger partial charge in [0.1, 0.15) is 0 Å². The fourth-order valence-electron chi connectivity index (χ4n) is 1.89. The molecule has 0 saturated heterocycles. The summed E-state index contributed by atoms with van der Waals surface area (Å²) in [4.78, 5) is 3.00. The molecule has 0 amide bonds. The molecule has 0 unspecified atom stereocenters. The minimum atomic E-state index is 0.593. The van der Waals surface area contributed by atoms with Crippen LogP contribution in [0.4, 0.5) is 0 Å². The van der Waals surface area contributed by atoms with E-state index in [1.165, 1.54) is 5.56 Å². The van der Waals surface area contributed by atoms with E-state index in [9.17, 15) is 0 Å². The van der Waals surface area contributed by atoms with Crippen molar-refractivity contribution in [3.8, 4) is 0 Å². The van der Waals surface area contributed by atoms with Crippen LogP contribution >= 0.6 is 28.1 Å². The second kappa shape index (κ2) is 7.87. The van der Waals surface area contributed by atoms with Crippen molar-refractivity contribution in [3.63, 3.8) is 0 Å². The first-order chi connectivity index (χ1) is 8.49. The van der Waals surface area contributed by atoms with Crippen molar-refractivity contribution in [3.05, 3.63) is 34.3 Å². The Hall–Kier alpha value is -0.450. The number of benzene rings is 1. The lowest BCUT2D eigenvalue weighted by molar-refractivity contribution is 0.242. The van der Waals surface area contributed by atoms with Crippen molar-refractivity contribution in [1.29, 1.82) is 0 Å². The smallest absolute Gasteiger partial charge is 0.0740 e. The van der Waals surface area contributed by atoms with Crippen molar-refractivity contribution >= 4 is 33.1 Å². The highest BCUT2D eigenvalue weighted by atomic mass is 79.9. The van der Waals surface area contributed by atoms with Crippen molar-refractivity contribution in [1.82, 2.24) is 4.90 Å². The monoisotopic (exact) mass is 328 g/mol. The van der Waals surface area contributed by atoms with Gasteiger partial charge in [-0.2, -0.15) is 0 Å². The third-order valence-electron chi connectivity index (χ3n) is 2.65. The molecule has 18 heavy (non-hydrogen) atoms. The van der Waals surface area contributed by atoms with Crippen LogP contribution in [0, 0.1) is 5.92 Å². The van der Waals surface area contributed by atoms with Gasteiger partial charge in [0.2, 0.25) is 0 Å². The Bertz CT molecular complexity index is 393. The van der Waals surface area contributed by atoms with Gasteiger partial charge in [0.25, 0.3) is 0 Å². The number of nitrogens with zero attached hydrogens (tertiary/aromatic N) is 1. The average molecular weight is 329 g/mol. The molecule has 0 bridgehead atoms. The summed E-state index contributed by atoms with van der Waals surface area (Å²) in [6.07, 6.45) is 0.784. The minimum absolute atomic E-state index is 0.593. The lowest BCUT2D eigenvalue weighted by Crippen LogP contribution is -2.30. The van der Waals surface area contributed by atoms with Gasteiger partial charge in [-0.1, -0.05) is 60.2 Å². The summed E-state index contributed by atoms with van der Waals surface area (Å²) in [5, 5.41) is 0. The van der Waals surface area contributed by atoms with Gasteiger partial charge in [0.05, 0.1) is 4.99 Å². The molecule has 2 nitrogen and oxygen atoms in total. The van der Waals surface area contributed by atoms with E-state index < -0.39 is 0 Å². The van der Waals surface area contributed by atoms with Crippen LogP contribution in [0.25, 0.3) is 0 Å². The summed E-state index contributed by atoms with van der Waals surface area (Å²) in [5.41, 5.74) is 6.90. The molecule has 1 rings (SSSR count). The SMILES string of the molecule is CC(C)CN(CCC(N)=S)Cc1ccccc1Br. The topological polar surface area (TPSA) is 29.3 Å². The molecule has 2 N–H and O–H groups in total. The van der Waals surface area contributed by atoms with Crippen molar-refractivity contribution in [2.75, 3.05) is 13.1 Å². The van der Waals surface area contributed by atoms with Gasteiger partial charge in [-0.15, -0.1) is 0 Å². The Labute approximate surface area is 124 Å². The molecule has 0 atom stereocenters. The molecule has 0 aromatic heterocycles. The van der Waals surface area contributed by atoms with Crippen molar-refractivity contribution < 1.29 is 0 Å². The highest BCUT2D eigenvalue weighted by Crippen LogP contribution is 2.18. The quantitative estimate of drug-likeness (QED) is 0.775. The van der Waals surface area contributed by atoms with Crippen LogP contribution in [0.5, 0.6) is 0 Å². The second-order valence-corrected chi connectivity index (χ2v) is 6.32. The summed E-state index contributed by atoms with van der Waals surface area (Å²) in [6.45, 7) is 7.38. The molecule has 0 heterocycles. The van der Waals surface area contributed by atoms with E-state index in [2.05, 4.69) is 52.9 Å². The summed E-state index contributed by atoms with van der Waals surface area (Å²) in [7, 11) is 0. The summed E-state index contributed by atoms with van der Waals surface area (Å²) < 4.78 is 1.16. The number of nitrogens with two attached hydrogens (primary N) is 1. The summed E-state index contributed by atoms with van der Waals surface area (Å²) >= 11 is 8.55. The molecule has 100 valence electrons. The molecule has 0 fully saturated rings. The molecule has 1 aromatic rings. The zero-order chi connectivity index (χ0) is 13.5. The molecule has 0 aliphatic carbocycles. The van der Waals surface area contributed by atoms with Gasteiger partial charge >= 0.3 is 0 Å². The summed E-state index contributed by atoms with van der Waals surface area (Å²) in [6, 6.07) is 8.34. The Balaban J connectivity index is 2.65. The van der Waals surface area contributed by atoms with Crippen LogP contribution in [0.2, 0.25) is 0 Å². The minimum Gasteiger partial charge on any atom is -0.393 e. The Morgan fingerprint density at radius 3 is 2.61 bits per heavy atom. The van der Waals surface area contributed by atoms with E-state index >= 15 is 0 Å². The zero-order valence-electron chi connectivity index (χ0n) is 11.0. The van der Waals surface area contributed by atoms with Crippen LogP contribution in [0.15, 0.2) is 28.7 Å². The van der Waals surface area contributed by atoms with E-state index in [1.54, 1.807) is 0 Å². The van der Waals surface area contributed by atoms with Gasteiger partial charge in [0, 0.05) is 30.5 Å². The standard InChI is InChI=1S/C14H21BrN2S/c1-11(2)9-17(8-7-14(16)18)10-12-5-3-4-6-13(12)15/h3-6,11H,7-10H2,1-2H3,(H2,16,18). The fourth-order valence-corrected chi connectivity index (χ4v) is 2.39. The number of hydrogen-bond donors (Lipinski definition) is 1. The molecule has 0 aliphatic rings. The maximum atomic E-state index is 5.59. The van der Waals surface area contributed by atoms with E-state index in [4.69, 9.17) is 18.0 Å². The molecule has 0 aliphatic heterocycles. The molecular weight excluding hydrogens is 308 g/mol. The third-order valence-corrected chi connectivity index (χ3v) is 3.63. The van der Waals surface area contributed by atoms with Crippen LogP contribution in [0.3, 0.4) is 0 Å². The first-order valence-corrected chi connectivity index (χ1v) is 7.43. The van der Waals surface area contributed by atoms with Crippen molar-refractivity contribution in [2.45, 2.75) is 26.8 Å². The number of rotatable bonds is 7.